The van der Waals surface area contributed by atoms with Crippen molar-refractivity contribution in [2.75, 3.05) is 24.7 Å². The molecule has 0 atom stereocenters. The van der Waals surface area contributed by atoms with Gasteiger partial charge in [-0.3, -0.25) is 4.79 Å². The predicted molar refractivity (Wildman–Crippen MR) is 111 cm³/mol. The summed E-state index contributed by atoms with van der Waals surface area (Å²) in [6.45, 7) is 2.34. The molecule has 1 amide bonds. The van der Waals surface area contributed by atoms with E-state index in [-0.39, 0.29) is 11.3 Å². The number of carbonyl (C=O) groups excluding carboxylic acids is 1. The molecular formula is C21H23ClN4O2. The lowest BCUT2D eigenvalue weighted by atomic mass is 10.0. The van der Waals surface area contributed by atoms with E-state index >= 15 is 0 Å². The maximum Gasteiger partial charge on any atom is 0.254 e. The van der Waals surface area contributed by atoms with Crippen molar-refractivity contribution in [2.45, 2.75) is 19.3 Å². The monoisotopic (exact) mass is 398 g/mol. The molecule has 0 fully saturated rings. The molecule has 2 aromatic rings. The zero-order valence-corrected chi connectivity index (χ0v) is 16.2. The number of aromatic hydroxyl groups is 1. The molecule has 0 radical (unpaired) electrons. The molecule has 146 valence electrons. The van der Waals surface area contributed by atoms with Crippen molar-refractivity contribution in [1.82, 2.24) is 10.2 Å². The van der Waals surface area contributed by atoms with Crippen LogP contribution in [-0.2, 0) is 12.8 Å². The summed E-state index contributed by atoms with van der Waals surface area (Å²) in [4.78, 5) is 16.5. The Bertz CT molecular complexity index is 944. The molecule has 0 unspecified atom stereocenters. The fourth-order valence-electron chi connectivity index (χ4n) is 3.96. The van der Waals surface area contributed by atoms with Crippen molar-refractivity contribution < 1.29 is 9.90 Å². The highest BCUT2D eigenvalue weighted by atomic mass is 35.5. The van der Waals surface area contributed by atoms with E-state index in [0.29, 0.717) is 17.3 Å². The van der Waals surface area contributed by atoms with Gasteiger partial charge in [-0.2, -0.15) is 0 Å². The molecule has 7 heteroatoms. The van der Waals surface area contributed by atoms with Crippen LogP contribution in [-0.4, -0.2) is 35.7 Å². The molecule has 28 heavy (non-hydrogen) atoms. The number of phenols is 1. The van der Waals surface area contributed by atoms with Crippen LogP contribution in [0.2, 0.25) is 5.02 Å². The first-order chi connectivity index (χ1) is 13.5. The maximum atomic E-state index is 12.2. The summed E-state index contributed by atoms with van der Waals surface area (Å²) < 4.78 is 0. The number of nitrogens with two attached hydrogens (primary N) is 1. The molecule has 6 nitrogen and oxygen atoms in total. The van der Waals surface area contributed by atoms with Gasteiger partial charge in [0.05, 0.1) is 12.4 Å². The number of rotatable bonds is 5. The van der Waals surface area contributed by atoms with Crippen LogP contribution in [0.25, 0.3) is 0 Å². The number of anilines is 2. The average molecular weight is 399 g/mol. The first-order valence-corrected chi connectivity index (χ1v) is 9.77. The van der Waals surface area contributed by atoms with Crippen molar-refractivity contribution in [3.05, 3.63) is 64.4 Å². The lowest BCUT2D eigenvalue weighted by Gasteiger charge is -2.29. The van der Waals surface area contributed by atoms with Crippen LogP contribution in [0, 0.1) is 0 Å². The van der Waals surface area contributed by atoms with E-state index in [4.69, 9.17) is 17.3 Å². The van der Waals surface area contributed by atoms with Gasteiger partial charge in [0, 0.05) is 36.2 Å². The molecule has 4 N–H and O–H groups in total. The fraction of sp³-hybridized carbons (Fsp3) is 0.286. The van der Waals surface area contributed by atoms with E-state index in [0.717, 1.165) is 43.7 Å². The Morgan fingerprint density at radius 3 is 2.71 bits per heavy atom. The van der Waals surface area contributed by atoms with Gasteiger partial charge < -0.3 is 26.0 Å². The van der Waals surface area contributed by atoms with E-state index < -0.39 is 5.91 Å². The van der Waals surface area contributed by atoms with Gasteiger partial charge in [0.15, 0.2) is 0 Å². The minimum Gasteiger partial charge on any atom is -0.507 e. The summed E-state index contributed by atoms with van der Waals surface area (Å²) in [5, 5.41) is 14.2. The van der Waals surface area contributed by atoms with Crippen molar-refractivity contribution in [3.63, 3.8) is 0 Å². The highest BCUT2D eigenvalue weighted by Gasteiger charge is 2.27. The van der Waals surface area contributed by atoms with E-state index in [1.54, 1.807) is 6.07 Å². The van der Waals surface area contributed by atoms with Crippen molar-refractivity contribution in [3.8, 4) is 5.75 Å². The maximum absolute atomic E-state index is 12.2. The summed E-state index contributed by atoms with van der Waals surface area (Å²) in [5.41, 5.74) is 9.66. The quantitative estimate of drug-likeness (QED) is 0.721. The first kappa shape index (κ1) is 18.5. The average Bonchev–Trinajstić information content (AvgIpc) is 3.13. The number of primary amides is 1. The highest BCUT2D eigenvalue weighted by molar-refractivity contribution is 6.31. The third kappa shape index (κ3) is 3.47. The Labute approximate surface area is 169 Å². The Balaban J connectivity index is 1.77. The highest BCUT2D eigenvalue weighted by Crippen LogP contribution is 2.42. The summed E-state index contributed by atoms with van der Waals surface area (Å²) in [6.07, 6.45) is 6.42. The molecule has 0 aromatic heterocycles. The van der Waals surface area contributed by atoms with Gasteiger partial charge in [-0.05, 0) is 48.6 Å². The molecule has 2 heterocycles. The molecule has 4 rings (SSSR count). The van der Waals surface area contributed by atoms with Gasteiger partial charge in [0.1, 0.15) is 11.3 Å². The molecule has 2 aliphatic rings. The number of nitrogens with one attached hydrogen (secondary N) is 1. The lowest BCUT2D eigenvalue weighted by molar-refractivity contribution is 0.0998. The third-order valence-electron chi connectivity index (χ3n) is 5.28. The van der Waals surface area contributed by atoms with Crippen LogP contribution in [0.15, 0.2) is 42.7 Å². The number of carbonyl (C=O) groups is 1. The number of hydrogen-bond acceptors (Lipinski definition) is 5. The van der Waals surface area contributed by atoms with Crippen LogP contribution in [0.3, 0.4) is 0 Å². The van der Waals surface area contributed by atoms with Gasteiger partial charge in [0.25, 0.3) is 5.91 Å². The van der Waals surface area contributed by atoms with Gasteiger partial charge >= 0.3 is 0 Å². The van der Waals surface area contributed by atoms with Crippen LogP contribution >= 0.6 is 11.6 Å². The van der Waals surface area contributed by atoms with E-state index in [2.05, 4.69) is 15.1 Å². The number of fused-ring (bicyclic) bond motifs is 2. The number of halogens is 1. The Kier molecular flexibility index (Phi) is 5.05. The molecular weight excluding hydrogens is 376 g/mol. The summed E-state index contributed by atoms with van der Waals surface area (Å²) >= 11 is 6.30. The smallest absolute Gasteiger partial charge is 0.254 e. The lowest BCUT2D eigenvalue weighted by Crippen LogP contribution is -2.28. The summed E-state index contributed by atoms with van der Waals surface area (Å²) in [7, 11) is 0. The van der Waals surface area contributed by atoms with Crippen LogP contribution in [0.1, 0.15) is 27.9 Å². The molecule has 0 aliphatic carbocycles. The third-order valence-corrected chi connectivity index (χ3v) is 5.52. The number of hydrogen-bond donors (Lipinski definition) is 3. The molecule has 2 aromatic carbocycles. The Morgan fingerprint density at radius 1 is 1.18 bits per heavy atom. The van der Waals surface area contributed by atoms with Crippen LogP contribution in [0.5, 0.6) is 5.75 Å². The first-order valence-electron chi connectivity index (χ1n) is 9.39. The normalized spacial score (nSPS) is 15.0. The fourth-order valence-corrected chi connectivity index (χ4v) is 4.13. The number of amides is 1. The molecule has 0 spiro atoms. The molecule has 0 saturated heterocycles. The summed E-state index contributed by atoms with van der Waals surface area (Å²) in [5.74, 6) is -0.718. The Morgan fingerprint density at radius 2 is 1.96 bits per heavy atom. The van der Waals surface area contributed by atoms with Crippen molar-refractivity contribution >= 4 is 28.9 Å². The second-order valence-electron chi connectivity index (χ2n) is 7.10. The SMILES string of the molecule is NC(=O)c1c(O)ccc2c1N(CCCN1C=CNC1)c1cc(Cl)ccc1CC2. The van der Waals surface area contributed by atoms with Gasteiger partial charge in [-0.1, -0.05) is 23.7 Å². The second kappa shape index (κ2) is 7.64. The molecule has 0 saturated carbocycles. The van der Waals surface area contributed by atoms with Crippen LogP contribution < -0.4 is 16.0 Å². The number of nitrogens with zero attached hydrogens (tertiary/aromatic N) is 2. The zero-order valence-electron chi connectivity index (χ0n) is 15.5. The van der Waals surface area contributed by atoms with E-state index in [1.807, 2.05) is 36.7 Å². The molecule has 2 aliphatic heterocycles. The van der Waals surface area contributed by atoms with Gasteiger partial charge in [-0.15, -0.1) is 0 Å². The van der Waals surface area contributed by atoms with Crippen molar-refractivity contribution in [1.29, 1.82) is 0 Å². The van der Waals surface area contributed by atoms with Gasteiger partial charge in [0.2, 0.25) is 0 Å². The van der Waals surface area contributed by atoms with E-state index in [9.17, 15) is 9.90 Å². The van der Waals surface area contributed by atoms with Gasteiger partial charge in [-0.25, -0.2) is 0 Å². The largest absolute Gasteiger partial charge is 0.507 e. The minimum atomic E-state index is -0.628. The summed E-state index contributed by atoms with van der Waals surface area (Å²) in [6, 6.07) is 9.29. The second-order valence-corrected chi connectivity index (χ2v) is 7.54. The number of benzene rings is 2. The minimum absolute atomic E-state index is 0.0894. The zero-order chi connectivity index (χ0) is 19.7. The molecule has 0 bridgehead atoms. The Hall–Kier alpha value is -2.86. The van der Waals surface area contributed by atoms with Crippen LogP contribution in [0.4, 0.5) is 11.4 Å². The predicted octanol–water partition coefficient (Wildman–Crippen LogP) is 3.11. The van der Waals surface area contributed by atoms with Crippen molar-refractivity contribution in [2.24, 2.45) is 5.73 Å². The number of aryl methyl sites for hydroxylation is 2. The standard InChI is InChI=1S/C21H23ClN4O2/c22-16-6-4-14-2-3-15-5-7-18(27)19(21(23)28)20(15)26(17(14)12-16)10-1-9-25-11-8-24-13-25/h4-8,11-12,24,27H,1-3,9-10,13H2,(H2,23,28). The topological polar surface area (TPSA) is 81.8 Å². The van der Waals surface area contributed by atoms with E-state index in [1.165, 1.54) is 5.56 Å².